The first-order valence-corrected chi connectivity index (χ1v) is 8.01. The minimum atomic E-state index is -0.859. The number of hydrogen-bond donors (Lipinski definition) is 0. The molecule has 0 aliphatic heterocycles. The Morgan fingerprint density at radius 2 is 1.24 bits per heavy atom. The molecule has 0 N–H and O–H groups in total. The van der Waals surface area contributed by atoms with Crippen molar-refractivity contribution in [1.82, 2.24) is 0 Å². The Balaban J connectivity index is 2.93. The lowest BCUT2D eigenvalue weighted by Crippen LogP contribution is -2.53. The van der Waals surface area contributed by atoms with E-state index in [0.717, 1.165) is 19.3 Å². The Bertz CT molecular complexity index is 318. The molecule has 1 saturated carbocycles. The van der Waals surface area contributed by atoms with Gasteiger partial charge in [0.15, 0.2) is 0 Å². The van der Waals surface area contributed by atoms with Crippen molar-refractivity contribution in [2.45, 2.75) is 98.6 Å². The summed E-state index contributed by atoms with van der Waals surface area (Å²) in [6.45, 7) is 18.4. The smallest absolute Gasteiger partial charge is 0.228 e. The summed E-state index contributed by atoms with van der Waals surface area (Å²) in [5, 5.41) is 0. The zero-order valence-corrected chi connectivity index (χ0v) is 15.3. The zero-order chi connectivity index (χ0) is 16.5. The molecule has 0 aromatic carbocycles. The van der Waals surface area contributed by atoms with Gasteiger partial charge in [-0.05, 0) is 59.8 Å². The summed E-state index contributed by atoms with van der Waals surface area (Å²) < 4.78 is 0. The van der Waals surface area contributed by atoms with Crippen molar-refractivity contribution in [2.75, 3.05) is 0 Å². The monoisotopic (exact) mass is 302 g/mol. The van der Waals surface area contributed by atoms with E-state index in [1.165, 1.54) is 0 Å². The van der Waals surface area contributed by atoms with Crippen LogP contribution in [-0.4, -0.2) is 17.0 Å². The van der Waals surface area contributed by atoms with Crippen LogP contribution in [0.1, 0.15) is 81.6 Å². The summed E-state index contributed by atoms with van der Waals surface area (Å²) in [6, 6.07) is 0. The van der Waals surface area contributed by atoms with Crippen LogP contribution in [0.5, 0.6) is 0 Å². The van der Waals surface area contributed by atoms with Gasteiger partial charge < -0.3 is 0 Å². The van der Waals surface area contributed by atoms with Gasteiger partial charge in [0.25, 0.3) is 0 Å². The molecule has 0 radical (unpaired) electrons. The first-order valence-electron chi connectivity index (χ1n) is 8.01. The molecule has 0 saturated heterocycles. The van der Waals surface area contributed by atoms with Gasteiger partial charge in [-0.25, -0.2) is 9.78 Å². The van der Waals surface area contributed by atoms with Crippen LogP contribution in [0.3, 0.4) is 0 Å². The van der Waals surface area contributed by atoms with E-state index in [0.29, 0.717) is 0 Å². The fraction of sp³-hybridized carbons (Fsp3) is 1.00. The lowest BCUT2D eigenvalue weighted by Gasteiger charge is -2.48. The van der Waals surface area contributed by atoms with Crippen molar-refractivity contribution in [2.24, 2.45) is 11.3 Å². The Kier molecular flexibility index (Phi) is 5.53. The third-order valence-corrected chi connectivity index (χ3v) is 4.04. The molecule has 1 aliphatic rings. The first kappa shape index (κ1) is 18.9. The quantitative estimate of drug-likeness (QED) is 0.415. The highest BCUT2D eigenvalue weighted by Crippen LogP contribution is 2.49. The van der Waals surface area contributed by atoms with Crippen LogP contribution in [-0.2, 0) is 19.6 Å². The van der Waals surface area contributed by atoms with Crippen molar-refractivity contribution in [3.8, 4) is 0 Å². The van der Waals surface area contributed by atoms with Crippen LogP contribution in [0.25, 0.3) is 0 Å². The van der Waals surface area contributed by atoms with Gasteiger partial charge >= 0.3 is 0 Å². The summed E-state index contributed by atoms with van der Waals surface area (Å²) >= 11 is 0. The molecule has 4 nitrogen and oxygen atoms in total. The highest BCUT2D eigenvalue weighted by atomic mass is 17.3. The van der Waals surface area contributed by atoms with Crippen LogP contribution in [0.4, 0.5) is 0 Å². The summed E-state index contributed by atoms with van der Waals surface area (Å²) in [7, 11) is 0. The average molecular weight is 302 g/mol. The average Bonchev–Trinajstić information content (AvgIpc) is 2.28. The van der Waals surface area contributed by atoms with Gasteiger partial charge in [-0.15, -0.1) is 0 Å². The van der Waals surface area contributed by atoms with E-state index in [1.807, 2.05) is 41.5 Å². The van der Waals surface area contributed by atoms with Crippen molar-refractivity contribution in [1.29, 1.82) is 0 Å². The second-order valence-electron chi connectivity index (χ2n) is 8.93. The van der Waals surface area contributed by atoms with Crippen molar-refractivity contribution >= 4 is 0 Å². The molecule has 1 fully saturated rings. The van der Waals surface area contributed by atoms with Gasteiger partial charge in [-0.2, -0.15) is 9.78 Å². The minimum Gasteiger partial charge on any atom is -0.228 e. The van der Waals surface area contributed by atoms with Crippen LogP contribution in [0.2, 0.25) is 0 Å². The molecule has 1 atom stereocenters. The van der Waals surface area contributed by atoms with Crippen LogP contribution >= 0.6 is 0 Å². The molecule has 0 bridgehead atoms. The number of hydrogen-bond acceptors (Lipinski definition) is 4. The molecule has 1 unspecified atom stereocenters. The maximum atomic E-state index is 5.83. The SMILES string of the molecule is CC1C(C)(C)CCCC1(OOC(C)(C)C)OOC(C)(C)C. The van der Waals surface area contributed by atoms with Gasteiger partial charge in [-0.1, -0.05) is 20.8 Å². The highest BCUT2D eigenvalue weighted by Gasteiger charge is 2.52. The second kappa shape index (κ2) is 6.15. The maximum absolute atomic E-state index is 5.83. The van der Waals surface area contributed by atoms with Crippen LogP contribution in [0, 0.1) is 11.3 Å². The largest absolute Gasteiger partial charge is 0.237 e. The Hall–Kier alpha value is -0.160. The van der Waals surface area contributed by atoms with Crippen molar-refractivity contribution in [3.05, 3.63) is 0 Å². The molecule has 1 rings (SSSR count). The molecule has 0 aromatic rings. The summed E-state index contributed by atoms with van der Waals surface area (Å²) in [4.78, 5) is 22.9. The summed E-state index contributed by atoms with van der Waals surface area (Å²) in [5.74, 6) is -0.703. The zero-order valence-electron chi connectivity index (χ0n) is 15.3. The van der Waals surface area contributed by atoms with Gasteiger partial charge in [-0.3, -0.25) is 0 Å². The van der Waals surface area contributed by atoms with E-state index in [2.05, 4.69) is 20.8 Å². The molecule has 21 heavy (non-hydrogen) atoms. The molecule has 0 spiro atoms. The van der Waals surface area contributed by atoms with E-state index < -0.39 is 5.79 Å². The highest BCUT2D eigenvalue weighted by molar-refractivity contribution is 4.91. The van der Waals surface area contributed by atoms with E-state index >= 15 is 0 Å². The summed E-state index contributed by atoms with van der Waals surface area (Å²) in [6.07, 6.45) is 2.94. The van der Waals surface area contributed by atoms with Crippen LogP contribution in [0.15, 0.2) is 0 Å². The van der Waals surface area contributed by atoms with Crippen LogP contribution < -0.4 is 0 Å². The van der Waals surface area contributed by atoms with Gasteiger partial charge in [0.1, 0.15) is 0 Å². The first-order chi connectivity index (χ1) is 9.28. The standard InChI is InChI=1S/C17H34O4/c1-13-16(8,9)11-10-12-17(13,20-18-14(2,3)4)21-19-15(5,6)7/h13H,10-12H2,1-9H3. The van der Waals surface area contributed by atoms with Gasteiger partial charge in [0.2, 0.25) is 5.79 Å². The molecule has 4 heteroatoms. The molecule has 0 aromatic heterocycles. The fourth-order valence-electron chi connectivity index (χ4n) is 2.45. The lowest BCUT2D eigenvalue weighted by molar-refractivity contribution is -0.559. The van der Waals surface area contributed by atoms with E-state index in [9.17, 15) is 0 Å². The molecular formula is C17H34O4. The lowest BCUT2D eigenvalue weighted by atomic mass is 9.66. The molecule has 126 valence electrons. The minimum absolute atomic E-state index is 0.112. The molecular weight excluding hydrogens is 268 g/mol. The Labute approximate surface area is 130 Å². The predicted molar refractivity (Wildman–Crippen MR) is 83.4 cm³/mol. The summed E-state index contributed by atoms with van der Waals surface area (Å²) in [5.41, 5.74) is -0.667. The topological polar surface area (TPSA) is 36.9 Å². The fourth-order valence-corrected chi connectivity index (χ4v) is 2.45. The van der Waals surface area contributed by atoms with E-state index in [-0.39, 0.29) is 22.5 Å². The predicted octanol–water partition coefficient (Wildman–Crippen LogP) is 5.02. The third-order valence-electron chi connectivity index (χ3n) is 4.04. The van der Waals surface area contributed by atoms with Gasteiger partial charge in [0, 0.05) is 12.3 Å². The molecule has 1 aliphatic carbocycles. The third kappa shape index (κ3) is 5.51. The Morgan fingerprint density at radius 3 is 1.62 bits per heavy atom. The maximum Gasteiger partial charge on any atom is 0.237 e. The Morgan fingerprint density at radius 1 is 0.810 bits per heavy atom. The van der Waals surface area contributed by atoms with E-state index in [4.69, 9.17) is 19.6 Å². The molecule has 0 amide bonds. The second-order valence-corrected chi connectivity index (χ2v) is 8.93. The van der Waals surface area contributed by atoms with E-state index in [1.54, 1.807) is 0 Å². The van der Waals surface area contributed by atoms with Crippen molar-refractivity contribution < 1.29 is 19.6 Å². The van der Waals surface area contributed by atoms with Gasteiger partial charge in [0.05, 0.1) is 11.2 Å². The normalized spacial score (nSPS) is 25.9. The number of rotatable bonds is 4. The molecule has 0 heterocycles. The van der Waals surface area contributed by atoms with Crippen molar-refractivity contribution in [3.63, 3.8) is 0 Å².